The second-order valence-corrected chi connectivity index (χ2v) is 8.79. The molecule has 0 aromatic heterocycles. The summed E-state index contributed by atoms with van der Waals surface area (Å²) in [7, 11) is -3.35. The van der Waals surface area contributed by atoms with Gasteiger partial charge < -0.3 is 5.21 Å². The zero-order chi connectivity index (χ0) is 15.1. The van der Waals surface area contributed by atoms with E-state index in [0.29, 0.717) is 11.6 Å². The van der Waals surface area contributed by atoms with E-state index >= 15 is 0 Å². The fourth-order valence-corrected chi connectivity index (χ4v) is 6.75. The normalized spacial score (nSPS) is 32.1. The van der Waals surface area contributed by atoms with Crippen LogP contribution in [0.15, 0.2) is 5.16 Å². The van der Waals surface area contributed by atoms with Gasteiger partial charge in [0.05, 0.1) is 11.5 Å². The molecule has 20 heavy (non-hydrogen) atoms. The molecule has 0 aromatic carbocycles. The van der Waals surface area contributed by atoms with Crippen molar-refractivity contribution in [1.82, 2.24) is 4.31 Å². The molecule has 0 aliphatic heterocycles. The third kappa shape index (κ3) is 2.60. The fraction of sp³-hybridized carbons (Fsp3) is 0.929. The predicted molar refractivity (Wildman–Crippen MR) is 79.5 cm³/mol. The standard InChI is InChI=1S/C14H26N2O3S/c1-10(2)16(11(3)4)20(18,19)9-14-6-5-12(8-14)7-13(14)15-17/h10-12,17H,5-9H2,1-4H3/b15-13+. The van der Waals surface area contributed by atoms with E-state index < -0.39 is 15.4 Å². The topological polar surface area (TPSA) is 70.0 Å². The maximum Gasteiger partial charge on any atom is 0.215 e. The molecule has 0 spiro atoms. The van der Waals surface area contributed by atoms with Gasteiger partial charge in [-0.3, -0.25) is 0 Å². The number of fused-ring (bicyclic) bond motifs is 2. The summed E-state index contributed by atoms with van der Waals surface area (Å²) < 4.78 is 27.2. The van der Waals surface area contributed by atoms with Crippen molar-refractivity contribution < 1.29 is 13.6 Å². The largest absolute Gasteiger partial charge is 0.411 e. The minimum Gasteiger partial charge on any atom is -0.411 e. The molecule has 116 valence electrons. The Morgan fingerprint density at radius 2 is 1.95 bits per heavy atom. The maximum absolute atomic E-state index is 12.8. The SMILES string of the molecule is CC(C)N(C(C)C)S(=O)(=O)CC12CCC(C/C1=N\O)C2. The van der Waals surface area contributed by atoms with E-state index in [1.807, 2.05) is 27.7 Å². The van der Waals surface area contributed by atoms with Gasteiger partial charge in [-0.15, -0.1) is 0 Å². The minimum atomic E-state index is -3.35. The molecule has 0 radical (unpaired) electrons. The van der Waals surface area contributed by atoms with Gasteiger partial charge in [0.15, 0.2) is 0 Å². The van der Waals surface area contributed by atoms with Crippen molar-refractivity contribution in [2.75, 3.05) is 5.75 Å². The summed E-state index contributed by atoms with van der Waals surface area (Å²) in [5, 5.41) is 12.6. The van der Waals surface area contributed by atoms with Gasteiger partial charge in [0.1, 0.15) is 0 Å². The van der Waals surface area contributed by atoms with E-state index in [-0.39, 0.29) is 17.8 Å². The average Bonchev–Trinajstić information content (AvgIpc) is 2.82. The number of hydrogen-bond acceptors (Lipinski definition) is 4. The third-order valence-electron chi connectivity index (χ3n) is 4.72. The van der Waals surface area contributed by atoms with Crippen molar-refractivity contribution in [1.29, 1.82) is 0 Å². The van der Waals surface area contributed by atoms with Gasteiger partial charge in [-0.1, -0.05) is 5.16 Å². The smallest absolute Gasteiger partial charge is 0.215 e. The van der Waals surface area contributed by atoms with Crippen LogP contribution in [-0.2, 0) is 10.0 Å². The Labute approximate surface area is 122 Å². The van der Waals surface area contributed by atoms with Crippen LogP contribution < -0.4 is 0 Å². The molecule has 0 aromatic rings. The lowest BCUT2D eigenvalue weighted by molar-refractivity contribution is 0.292. The zero-order valence-electron chi connectivity index (χ0n) is 12.8. The van der Waals surface area contributed by atoms with Gasteiger partial charge in [0.25, 0.3) is 0 Å². The number of oxime groups is 1. The van der Waals surface area contributed by atoms with Gasteiger partial charge >= 0.3 is 0 Å². The summed E-state index contributed by atoms with van der Waals surface area (Å²) in [6, 6.07) is -0.103. The summed E-state index contributed by atoms with van der Waals surface area (Å²) in [6.45, 7) is 7.62. The van der Waals surface area contributed by atoms with Crippen LogP contribution in [0.4, 0.5) is 0 Å². The van der Waals surface area contributed by atoms with Crippen LogP contribution in [0.5, 0.6) is 0 Å². The summed E-state index contributed by atoms with van der Waals surface area (Å²) in [5.41, 5.74) is 0.282. The van der Waals surface area contributed by atoms with E-state index in [4.69, 9.17) is 0 Å². The molecule has 5 nitrogen and oxygen atoms in total. The molecule has 0 heterocycles. The maximum atomic E-state index is 12.8. The van der Waals surface area contributed by atoms with Crippen LogP contribution in [0, 0.1) is 11.3 Å². The zero-order valence-corrected chi connectivity index (χ0v) is 13.7. The molecule has 1 N–H and O–H groups in total. The number of sulfonamides is 1. The molecular formula is C14H26N2O3S. The van der Waals surface area contributed by atoms with Crippen molar-refractivity contribution in [2.45, 2.75) is 65.5 Å². The Hall–Kier alpha value is -0.620. The molecule has 0 amide bonds. The highest BCUT2D eigenvalue weighted by molar-refractivity contribution is 7.89. The summed E-state index contributed by atoms with van der Waals surface area (Å²) >= 11 is 0. The molecule has 2 fully saturated rings. The van der Waals surface area contributed by atoms with Crippen molar-refractivity contribution in [3.63, 3.8) is 0 Å². The third-order valence-corrected chi connectivity index (χ3v) is 7.13. The quantitative estimate of drug-likeness (QED) is 0.626. The Bertz CT molecular complexity index is 491. The highest BCUT2D eigenvalue weighted by Crippen LogP contribution is 2.53. The number of hydrogen-bond donors (Lipinski definition) is 1. The Balaban J connectivity index is 2.28. The first kappa shape index (κ1) is 15.8. The first-order valence-electron chi connectivity index (χ1n) is 7.44. The Morgan fingerprint density at radius 1 is 1.35 bits per heavy atom. The van der Waals surface area contributed by atoms with Gasteiger partial charge in [-0.05, 0) is 59.3 Å². The van der Waals surface area contributed by atoms with Crippen LogP contribution in [-0.4, -0.2) is 41.5 Å². The van der Waals surface area contributed by atoms with Gasteiger partial charge in [0.2, 0.25) is 10.0 Å². The predicted octanol–water partition coefficient (Wildman–Crippen LogP) is 2.46. The van der Waals surface area contributed by atoms with Crippen LogP contribution in [0.2, 0.25) is 0 Å². The van der Waals surface area contributed by atoms with E-state index in [0.717, 1.165) is 25.7 Å². The van der Waals surface area contributed by atoms with Gasteiger partial charge in [0, 0.05) is 17.5 Å². The molecule has 0 saturated heterocycles. The van der Waals surface area contributed by atoms with E-state index in [1.165, 1.54) is 0 Å². The fourth-order valence-electron chi connectivity index (χ4n) is 4.19. The molecular weight excluding hydrogens is 276 g/mol. The number of nitrogens with zero attached hydrogens (tertiary/aromatic N) is 2. The summed E-state index contributed by atoms with van der Waals surface area (Å²) in [5.74, 6) is 0.592. The van der Waals surface area contributed by atoms with E-state index in [1.54, 1.807) is 4.31 Å². The van der Waals surface area contributed by atoms with E-state index in [9.17, 15) is 13.6 Å². The first-order valence-corrected chi connectivity index (χ1v) is 9.05. The highest BCUT2D eigenvalue weighted by atomic mass is 32.2. The molecule has 2 aliphatic carbocycles. The number of rotatable bonds is 5. The van der Waals surface area contributed by atoms with Crippen molar-refractivity contribution in [3.8, 4) is 0 Å². The molecule has 2 aliphatic rings. The lowest BCUT2D eigenvalue weighted by Crippen LogP contribution is -2.47. The first-order chi connectivity index (χ1) is 9.22. The minimum absolute atomic E-state index is 0.0514. The van der Waals surface area contributed by atoms with Crippen LogP contribution in [0.25, 0.3) is 0 Å². The molecule has 2 bridgehead atoms. The monoisotopic (exact) mass is 302 g/mol. The average molecular weight is 302 g/mol. The molecule has 2 atom stereocenters. The second-order valence-electron chi connectivity index (χ2n) is 6.91. The highest BCUT2D eigenvalue weighted by Gasteiger charge is 2.53. The van der Waals surface area contributed by atoms with Gasteiger partial charge in [-0.2, -0.15) is 4.31 Å². The Kier molecular flexibility index (Phi) is 4.17. The van der Waals surface area contributed by atoms with Gasteiger partial charge in [-0.25, -0.2) is 8.42 Å². The molecule has 6 heteroatoms. The van der Waals surface area contributed by atoms with Crippen LogP contribution in [0.1, 0.15) is 53.4 Å². The van der Waals surface area contributed by atoms with Crippen LogP contribution >= 0.6 is 0 Å². The molecule has 2 saturated carbocycles. The second kappa shape index (κ2) is 5.30. The van der Waals surface area contributed by atoms with Crippen molar-refractivity contribution >= 4 is 15.7 Å². The lowest BCUT2D eigenvalue weighted by Gasteiger charge is -2.34. The summed E-state index contributed by atoms with van der Waals surface area (Å²) in [6.07, 6.45) is 3.50. The van der Waals surface area contributed by atoms with E-state index in [2.05, 4.69) is 5.16 Å². The Morgan fingerprint density at radius 3 is 2.40 bits per heavy atom. The van der Waals surface area contributed by atoms with Crippen molar-refractivity contribution in [2.24, 2.45) is 16.5 Å². The lowest BCUT2D eigenvalue weighted by atomic mass is 9.84. The summed E-state index contributed by atoms with van der Waals surface area (Å²) in [4.78, 5) is 0. The van der Waals surface area contributed by atoms with Crippen molar-refractivity contribution in [3.05, 3.63) is 0 Å². The molecule has 2 rings (SSSR count). The molecule has 2 unspecified atom stereocenters. The van der Waals surface area contributed by atoms with Crippen LogP contribution in [0.3, 0.4) is 0 Å².